The van der Waals surface area contributed by atoms with Gasteiger partial charge in [0.05, 0.1) is 18.8 Å². The van der Waals surface area contributed by atoms with Crippen molar-refractivity contribution in [1.29, 1.82) is 0 Å². The van der Waals surface area contributed by atoms with E-state index in [-0.39, 0.29) is 18.4 Å². The number of hydrogen-bond donors (Lipinski definition) is 1. The molecule has 100 valence electrons. The van der Waals surface area contributed by atoms with Crippen molar-refractivity contribution >= 4 is 5.78 Å². The predicted octanol–water partition coefficient (Wildman–Crippen LogP) is 1.44. The maximum absolute atomic E-state index is 12.2. The van der Waals surface area contributed by atoms with E-state index >= 15 is 0 Å². The second kappa shape index (κ2) is 6.16. The summed E-state index contributed by atoms with van der Waals surface area (Å²) in [4.78, 5) is 14.4. The van der Waals surface area contributed by atoms with Crippen LogP contribution in [0, 0.1) is 0 Å². The van der Waals surface area contributed by atoms with Gasteiger partial charge in [-0.05, 0) is 31.5 Å². The molecule has 0 spiro atoms. The number of rotatable bonds is 4. The number of Topliss-reactive ketones (excluding diaryl/α,β-unsaturated/α-hetero) is 1. The smallest absolute Gasteiger partial charge is 0.193 e. The molecule has 1 aliphatic heterocycles. The molecule has 1 aromatic rings. The minimum Gasteiger partial charge on any atom is -0.395 e. The first-order valence-electron chi connectivity index (χ1n) is 6.72. The number of aliphatic hydroxyl groups is 1. The van der Waals surface area contributed by atoms with Crippen LogP contribution in [0.5, 0.6) is 0 Å². The van der Waals surface area contributed by atoms with E-state index in [1.165, 1.54) is 6.42 Å². The van der Waals surface area contributed by atoms with Gasteiger partial charge in [0.1, 0.15) is 0 Å². The SMILES string of the molecule is Cn1cccc1C(=O)CN1CCCCCC1CO. The number of carbonyl (C=O) groups excluding carboxylic acids is 1. The lowest BCUT2D eigenvalue weighted by atomic mass is 10.1. The average Bonchev–Trinajstić information content (AvgIpc) is 2.66. The first-order valence-corrected chi connectivity index (χ1v) is 6.72. The molecule has 1 N–H and O–H groups in total. The van der Waals surface area contributed by atoms with Gasteiger partial charge in [-0.15, -0.1) is 0 Å². The highest BCUT2D eigenvalue weighted by Gasteiger charge is 2.23. The Morgan fingerprint density at radius 1 is 1.44 bits per heavy atom. The van der Waals surface area contributed by atoms with E-state index < -0.39 is 0 Å². The molecule has 0 radical (unpaired) electrons. The van der Waals surface area contributed by atoms with E-state index in [1.54, 1.807) is 0 Å². The van der Waals surface area contributed by atoms with Crippen LogP contribution in [0.4, 0.5) is 0 Å². The van der Waals surface area contributed by atoms with Crippen LogP contribution in [0.1, 0.15) is 36.2 Å². The lowest BCUT2D eigenvalue weighted by molar-refractivity contribution is 0.0819. The molecule has 1 aliphatic rings. The standard InChI is InChI=1S/C14H22N2O2/c1-15-8-5-7-13(15)14(18)10-16-9-4-2-3-6-12(16)11-17/h5,7-8,12,17H,2-4,6,9-11H2,1H3. The van der Waals surface area contributed by atoms with E-state index in [4.69, 9.17) is 0 Å². The molecule has 0 aliphatic carbocycles. The minimum absolute atomic E-state index is 0.142. The van der Waals surface area contributed by atoms with E-state index in [2.05, 4.69) is 4.90 Å². The normalized spacial score (nSPS) is 21.8. The Labute approximate surface area is 108 Å². The molecule has 18 heavy (non-hydrogen) atoms. The third kappa shape index (κ3) is 3.00. The highest BCUT2D eigenvalue weighted by molar-refractivity contribution is 5.96. The van der Waals surface area contributed by atoms with Crippen molar-refractivity contribution in [3.63, 3.8) is 0 Å². The molecular weight excluding hydrogens is 228 g/mol. The highest BCUT2D eigenvalue weighted by Crippen LogP contribution is 2.17. The zero-order valence-corrected chi connectivity index (χ0v) is 11.0. The monoisotopic (exact) mass is 250 g/mol. The first kappa shape index (κ1) is 13.3. The fourth-order valence-corrected chi connectivity index (χ4v) is 2.67. The maximum Gasteiger partial charge on any atom is 0.193 e. The van der Waals surface area contributed by atoms with Gasteiger partial charge in [-0.25, -0.2) is 0 Å². The van der Waals surface area contributed by atoms with Gasteiger partial charge in [0, 0.05) is 19.3 Å². The number of aromatic nitrogens is 1. The molecule has 4 heteroatoms. The Balaban J connectivity index is 2.02. The molecule has 0 amide bonds. The summed E-state index contributed by atoms with van der Waals surface area (Å²) in [7, 11) is 1.89. The number of aryl methyl sites for hydroxylation is 1. The Bertz CT molecular complexity index is 400. The number of hydrogen-bond acceptors (Lipinski definition) is 3. The summed E-state index contributed by atoms with van der Waals surface area (Å²) in [6.07, 6.45) is 6.36. The van der Waals surface area contributed by atoms with Gasteiger partial charge in [-0.2, -0.15) is 0 Å². The van der Waals surface area contributed by atoms with Crippen LogP contribution in [-0.4, -0.2) is 46.1 Å². The molecule has 1 unspecified atom stereocenters. The molecular formula is C14H22N2O2. The van der Waals surface area contributed by atoms with Gasteiger partial charge in [0.2, 0.25) is 0 Å². The van der Waals surface area contributed by atoms with Crippen LogP contribution >= 0.6 is 0 Å². The molecule has 2 rings (SSSR count). The fourth-order valence-electron chi connectivity index (χ4n) is 2.67. The summed E-state index contributed by atoms with van der Waals surface area (Å²) in [6.45, 7) is 1.49. The summed E-state index contributed by atoms with van der Waals surface area (Å²) in [5.74, 6) is 0.142. The Morgan fingerprint density at radius 2 is 2.28 bits per heavy atom. The quantitative estimate of drug-likeness (QED) is 0.823. The number of likely N-dealkylation sites (tertiary alicyclic amines) is 1. The van der Waals surface area contributed by atoms with Crippen LogP contribution in [0.15, 0.2) is 18.3 Å². The first-order chi connectivity index (χ1) is 8.72. The van der Waals surface area contributed by atoms with E-state index in [0.29, 0.717) is 6.54 Å². The van der Waals surface area contributed by atoms with Crippen LogP contribution in [0.2, 0.25) is 0 Å². The van der Waals surface area contributed by atoms with Gasteiger partial charge >= 0.3 is 0 Å². The zero-order chi connectivity index (χ0) is 13.0. The van der Waals surface area contributed by atoms with Crippen molar-refractivity contribution in [3.05, 3.63) is 24.0 Å². The van der Waals surface area contributed by atoms with Gasteiger partial charge < -0.3 is 9.67 Å². The molecule has 0 bridgehead atoms. The lowest BCUT2D eigenvalue weighted by Gasteiger charge is -2.27. The molecule has 0 aromatic carbocycles. The lowest BCUT2D eigenvalue weighted by Crippen LogP contribution is -2.41. The average molecular weight is 250 g/mol. The maximum atomic E-state index is 12.2. The molecule has 1 aromatic heterocycles. The Kier molecular flexibility index (Phi) is 4.55. The van der Waals surface area contributed by atoms with Crippen molar-refractivity contribution in [1.82, 2.24) is 9.47 Å². The van der Waals surface area contributed by atoms with Crippen LogP contribution in [0.25, 0.3) is 0 Å². The summed E-state index contributed by atoms with van der Waals surface area (Å²) in [5, 5.41) is 9.43. The van der Waals surface area contributed by atoms with Crippen molar-refractivity contribution < 1.29 is 9.90 Å². The third-order valence-electron chi connectivity index (χ3n) is 3.79. The summed E-state index contributed by atoms with van der Waals surface area (Å²) in [6, 6.07) is 3.89. The minimum atomic E-state index is 0.142. The molecule has 4 nitrogen and oxygen atoms in total. The molecule has 1 fully saturated rings. The molecule has 0 saturated carbocycles. The number of carbonyl (C=O) groups is 1. The van der Waals surface area contributed by atoms with Gasteiger partial charge in [0.15, 0.2) is 5.78 Å². The summed E-state index contributed by atoms with van der Waals surface area (Å²) < 4.78 is 1.86. The third-order valence-corrected chi connectivity index (χ3v) is 3.79. The number of nitrogens with zero attached hydrogens (tertiary/aromatic N) is 2. The predicted molar refractivity (Wildman–Crippen MR) is 70.7 cm³/mol. The van der Waals surface area contributed by atoms with E-state index in [1.807, 2.05) is 29.9 Å². The molecule has 1 saturated heterocycles. The highest BCUT2D eigenvalue weighted by atomic mass is 16.3. The van der Waals surface area contributed by atoms with E-state index in [9.17, 15) is 9.90 Å². The Morgan fingerprint density at radius 3 is 2.94 bits per heavy atom. The molecule has 2 heterocycles. The van der Waals surface area contributed by atoms with Gasteiger partial charge in [0.25, 0.3) is 0 Å². The number of aliphatic hydroxyl groups excluding tert-OH is 1. The van der Waals surface area contributed by atoms with Crippen LogP contribution in [0.3, 0.4) is 0 Å². The van der Waals surface area contributed by atoms with Gasteiger partial charge in [-0.1, -0.05) is 12.8 Å². The van der Waals surface area contributed by atoms with Crippen molar-refractivity contribution in [2.45, 2.75) is 31.7 Å². The zero-order valence-electron chi connectivity index (χ0n) is 11.0. The van der Waals surface area contributed by atoms with E-state index in [0.717, 1.165) is 31.5 Å². The second-order valence-corrected chi connectivity index (χ2v) is 5.08. The largest absolute Gasteiger partial charge is 0.395 e. The molecule has 1 atom stereocenters. The fraction of sp³-hybridized carbons (Fsp3) is 0.643. The van der Waals surface area contributed by atoms with Gasteiger partial charge in [-0.3, -0.25) is 9.69 Å². The second-order valence-electron chi connectivity index (χ2n) is 5.08. The summed E-state index contributed by atoms with van der Waals surface area (Å²) >= 11 is 0. The van der Waals surface area contributed by atoms with Crippen molar-refractivity contribution in [3.8, 4) is 0 Å². The van der Waals surface area contributed by atoms with Crippen LogP contribution < -0.4 is 0 Å². The van der Waals surface area contributed by atoms with Crippen LogP contribution in [-0.2, 0) is 7.05 Å². The van der Waals surface area contributed by atoms with Crippen molar-refractivity contribution in [2.24, 2.45) is 7.05 Å². The van der Waals surface area contributed by atoms with Crippen molar-refractivity contribution in [2.75, 3.05) is 19.7 Å². The number of ketones is 1. The Hall–Kier alpha value is -1.13. The topological polar surface area (TPSA) is 45.5 Å². The summed E-state index contributed by atoms with van der Waals surface area (Å²) in [5.41, 5.74) is 0.746.